The molecule has 0 bridgehead atoms. The molecule has 0 spiro atoms. The Morgan fingerprint density at radius 2 is 2.00 bits per heavy atom. The van der Waals surface area contributed by atoms with E-state index < -0.39 is 6.03 Å². The molecule has 0 fully saturated rings. The third kappa shape index (κ3) is 4.04. The summed E-state index contributed by atoms with van der Waals surface area (Å²) in [7, 11) is 1.51. The first-order valence-corrected chi connectivity index (χ1v) is 7.10. The van der Waals surface area contributed by atoms with Gasteiger partial charge in [-0.3, -0.25) is 0 Å². The summed E-state index contributed by atoms with van der Waals surface area (Å²) in [5.74, 6) is 0.529. The fraction of sp³-hybridized carbons (Fsp3) is 0.133. The number of amides is 2. The average Bonchev–Trinajstić information content (AvgIpc) is 2.46. The molecular weight excluding hydrogens is 327 g/mol. The van der Waals surface area contributed by atoms with Crippen molar-refractivity contribution in [2.45, 2.75) is 6.61 Å². The molecule has 0 atom stereocenters. The lowest BCUT2D eigenvalue weighted by molar-refractivity contribution is 0.262. The van der Waals surface area contributed by atoms with Crippen LogP contribution in [0.2, 0.25) is 10.0 Å². The molecule has 0 heterocycles. The molecule has 0 radical (unpaired) electrons. The fourth-order valence-corrected chi connectivity index (χ4v) is 2.33. The van der Waals surface area contributed by atoms with Gasteiger partial charge in [-0.15, -0.1) is 0 Å². The molecule has 116 valence electrons. The van der Waals surface area contributed by atoms with Gasteiger partial charge >= 0.3 is 6.03 Å². The summed E-state index contributed by atoms with van der Waals surface area (Å²) in [6.45, 7) is -0.278. The van der Waals surface area contributed by atoms with Gasteiger partial charge in [0, 0.05) is 33.0 Å². The number of rotatable bonds is 4. The van der Waals surface area contributed by atoms with Crippen molar-refractivity contribution >= 4 is 40.6 Å². The number of anilines is 2. The Kier molecular flexibility index (Phi) is 5.49. The lowest BCUT2D eigenvalue weighted by Crippen LogP contribution is -2.20. The number of methoxy groups -OCH3 is 1. The van der Waals surface area contributed by atoms with Crippen molar-refractivity contribution < 1.29 is 14.6 Å². The maximum absolute atomic E-state index is 12.0. The number of benzene rings is 2. The van der Waals surface area contributed by atoms with E-state index in [4.69, 9.17) is 27.9 Å². The molecule has 2 rings (SSSR count). The molecule has 0 aromatic heterocycles. The van der Waals surface area contributed by atoms with Gasteiger partial charge in [-0.1, -0.05) is 29.3 Å². The highest BCUT2D eigenvalue weighted by molar-refractivity contribution is 6.32. The van der Waals surface area contributed by atoms with Crippen LogP contribution in [0.3, 0.4) is 0 Å². The van der Waals surface area contributed by atoms with Crippen LogP contribution < -0.4 is 15.4 Å². The number of urea groups is 1. The molecule has 2 aromatic rings. The molecule has 0 aliphatic heterocycles. The minimum absolute atomic E-state index is 0.278. The standard InChI is InChI=1S/C15H14Cl2N2O3/c1-22-11-6-9(16)5-10(7-11)18-15(21)19-14-4-2-3-13(17)12(14)8-20/h2-7,20H,8H2,1H3,(H2,18,19,21). The van der Waals surface area contributed by atoms with Gasteiger partial charge in [0.25, 0.3) is 0 Å². The van der Waals surface area contributed by atoms with E-state index in [-0.39, 0.29) is 6.61 Å². The normalized spacial score (nSPS) is 10.2. The number of nitrogens with one attached hydrogen (secondary N) is 2. The number of carbonyl (C=O) groups is 1. The first-order chi connectivity index (χ1) is 10.5. The monoisotopic (exact) mass is 340 g/mol. The van der Waals surface area contributed by atoms with Gasteiger partial charge in [0.15, 0.2) is 0 Å². The molecule has 2 amide bonds. The second-order valence-corrected chi connectivity index (χ2v) is 5.23. The molecule has 5 nitrogen and oxygen atoms in total. The molecular formula is C15H14Cl2N2O3. The Morgan fingerprint density at radius 1 is 1.23 bits per heavy atom. The summed E-state index contributed by atoms with van der Waals surface area (Å²) in [4.78, 5) is 12.0. The number of hydrogen-bond donors (Lipinski definition) is 3. The highest BCUT2D eigenvalue weighted by Crippen LogP contribution is 2.26. The van der Waals surface area contributed by atoms with Gasteiger partial charge in [-0.25, -0.2) is 4.79 Å². The van der Waals surface area contributed by atoms with Crippen molar-refractivity contribution in [1.82, 2.24) is 0 Å². The number of hydrogen-bond acceptors (Lipinski definition) is 3. The van der Waals surface area contributed by atoms with Crippen LogP contribution in [0.15, 0.2) is 36.4 Å². The van der Waals surface area contributed by atoms with Crippen molar-refractivity contribution in [1.29, 1.82) is 0 Å². The van der Waals surface area contributed by atoms with Gasteiger partial charge in [0.2, 0.25) is 0 Å². The van der Waals surface area contributed by atoms with Gasteiger partial charge in [0.05, 0.1) is 13.7 Å². The quantitative estimate of drug-likeness (QED) is 0.783. The van der Waals surface area contributed by atoms with E-state index in [1.54, 1.807) is 36.4 Å². The zero-order valence-electron chi connectivity index (χ0n) is 11.7. The van der Waals surface area contributed by atoms with E-state index in [0.29, 0.717) is 32.7 Å². The van der Waals surface area contributed by atoms with Crippen LogP contribution in [0.25, 0.3) is 0 Å². The van der Waals surface area contributed by atoms with Crippen molar-refractivity contribution in [3.63, 3.8) is 0 Å². The number of aliphatic hydroxyl groups excluding tert-OH is 1. The first-order valence-electron chi connectivity index (χ1n) is 6.34. The Morgan fingerprint density at radius 3 is 2.68 bits per heavy atom. The zero-order valence-corrected chi connectivity index (χ0v) is 13.2. The minimum atomic E-state index is -0.485. The number of ether oxygens (including phenoxy) is 1. The molecule has 3 N–H and O–H groups in total. The number of halogens is 2. The molecule has 0 aliphatic rings. The summed E-state index contributed by atoms with van der Waals surface area (Å²) in [5, 5.41) is 15.4. The second-order valence-electron chi connectivity index (χ2n) is 4.38. The molecule has 0 unspecified atom stereocenters. The highest BCUT2D eigenvalue weighted by atomic mass is 35.5. The van der Waals surface area contributed by atoms with E-state index in [1.807, 2.05) is 0 Å². The summed E-state index contributed by atoms with van der Waals surface area (Å²) in [6, 6.07) is 9.34. The smallest absolute Gasteiger partial charge is 0.323 e. The topological polar surface area (TPSA) is 70.6 Å². The predicted octanol–water partition coefficient (Wildman–Crippen LogP) is 4.14. The maximum Gasteiger partial charge on any atom is 0.323 e. The Balaban J connectivity index is 2.14. The first kappa shape index (κ1) is 16.4. The summed E-state index contributed by atoms with van der Waals surface area (Å²) >= 11 is 11.9. The molecule has 7 heteroatoms. The van der Waals surface area contributed by atoms with E-state index in [2.05, 4.69) is 10.6 Å². The van der Waals surface area contributed by atoms with Crippen LogP contribution in [0.1, 0.15) is 5.56 Å². The van der Waals surface area contributed by atoms with Crippen molar-refractivity contribution in [3.8, 4) is 5.75 Å². The van der Waals surface area contributed by atoms with Gasteiger partial charge in [-0.05, 0) is 24.3 Å². The molecule has 0 saturated carbocycles. The molecule has 22 heavy (non-hydrogen) atoms. The van der Waals surface area contributed by atoms with Gasteiger partial charge in [0.1, 0.15) is 5.75 Å². The summed E-state index contributed by atoms with van der Waals surface area (Å²) in [6.07, 6.45) is 0. The van der Waals surface area contributed by atoms with Crippen LogP contribution in [-0.2, 0) is 6.61 Å². The van der Waals surface area contributed by atoms with Crippen LogP contribution in [0.5, 0.6) is 5.75 Å². The van der Waals surface area contributed by atoms with Crippen molar-refractivity contribution in [2.24, 2.45) is 0 Å². The average molecular weight is 341 g/mol. The lowest BCUT2D eigenvalue weighted by Gasteiger charge is -2.12. The van der Waals surface area contributed by atoms with Crippen LogP contribution >= 0.6 is 23.2 Å². The Labute approximate surface area is 137 Å². The Bertz CT molecular complexity index is 692. The fourth-order valence-electron chi connectivity index (χ4n) is 1.87. The van der Waals surface area contributed by atoms with Gasteiger partial charge < -0.3 is 20.5 Å². The number of carbonyl (C=O) groups excluding carboxylic acids is 1. The SMILES string of the molecule is COc1cc(Cl)cc(NC(=O)Nc2cccc(Cl)c2CO)c1. The van der Waals surface area contributed by atoms with E-state index in [0.717, 1.165) is 0 Å². The predicted molar refractivity (Wildman–Crippen MR) is 88.0 cm³/mol. The maximum atomic E-state index is 12.0. The number of aliphatic hydroxyl groups is 1. The van der Waals surface area contributed by atoms with Crippen molar-refractivity contribution in [3.05, 3.63) is 52.0 Å². The minimum Gasteiger partial charge on any atom is -0.497 e. The Hall–Kier alpha value is -1.95. The summed E-state index contributed by atoms with van der Waals surface area (Å²) in [5.41, 5.74) is 1.36. The second kappa shape index (κ2) is 7.35. The van der Waals surface area contributed by atoms with Crippen LogP contribution in [0, 0.1) is 0 Å². The van der Waals surface area contributed by atoms with E-state index >= 15 is 0 Å². The van der Waals surface area contributed by atoms with E-state index in [9.17, 15) is 9.90 Å². The third-order valence-electron chi connectivity index (χ3n) is 2.89. The third-order valence-corrected chi connectivity index (χ3v) is 3.46. The van der Waals surface area contributed by atoms with Gasteiger partial charge in [-0.2, -0.15) is 0 Å². The lowest BCUT2D eigenvalue weighted by atomic mass is 10.2. The van der Waals surface area contributed by atoms with E-state index in [1.165, 1.54) is 7.11 Å². The van der Waals surface area contributed by atoms with Crippen LogP contribution in [-0.4, -0.2) is 18.2 Å². The molecule has 2 aromatic carbocycles. The molecule has 0 saturated heterocycles. The largest absolute Gasteiger partial charge is 0.497 e. The van der Waals surface area contributed by atoms with Crippen molar-refractivity contribution in [2.75, 3.05) is 17.7 Å². The molecule has 0 aliphatic carbocycles. The highest BCUT2D eigenvalue weighted by Gasteiger charge is 2.10. The van der Waals surface area contributed by atoms with Crippen LogP contribution in [0.4, 0.5) is 16.2 Å². The zero-order chi connectivity index (χ0) is 16.1. The summed E-state index contributed by atoms with van der Waals surface area (Å²) < 4.78 is 5.08.